The highest BCUT2D eigenvalue weighted by Gasteiger charge is 2.34. The molecule has 0 saturated carbocycles. The van der Waals surface area contributed by atoms with E-state index < -0.39 is 0 Å². The van der Waals surface area contributed by atoms with Crippen molar-refractivity contribution in [3.63, 3.8) is 0 Å². The molecule has 2 heterocycles. The summed E-state index contributed by atoms with van der Waals surface area (Å²) in [5.74, 6) is 0.295. The zero-order valence-corrected chi connectivity index (χ0v) is 15.2. The van der Waals surface area contributed by atoms with Gasteiger partial charge in [0.2, 0.25) is 0 Å². The van der Waals surface area contributed by atoms with E-state index in [4.69, 9.17) is 4.74 Å². The number of nitrogens with zero attached hydrogens (tertiary/aromatic N) is 3. The van der Waals surface area contributed by atoms with Crippen molar-refractivity contribution in [2.75, 3.05) is 24.2 Å². The van der Waals surface area contributed by atoms with Crippen LogP contribution in [-0.4, -0.2) is 41.6 Å². The summed E-state index contributed by atoms with van der Waals surface area (Å²) in [6, 6.07) is 9.04. The largest absolute Gasteiger partial charge is 0.497 e. The quantitative estimate of drug-likeness (QED) is 0.585. The molecule has 7 heteroatoms. The summed E-state index contributed by atoms with van der Waals surface area (Å²) in [5.41, 5.74) is 2.64. The van der Waals surface area contributed by atoms with Crippen LogP contribution >= 0.6 is 11.9 Å². The lowest BCUT2D eigenvalue weighted by molar-refractivity contribution is 0.0663. The number of imide groups is 1. The summed E-state index contributed by atoms with van der Waals surface area (Å²) in [4.78, 5) is 30.2. The molecule has 0 atom stereocenters. The van der Waals surface area contributed by atoms with Gasteiger partial charge >= 0.3 is 0 Å². The minimum Gasteiger partial charge on any atom is -0.497 e. The molecule has 0 saturated heterocycles. The van der Waals surface area contributed by atoms with Gasteiger partial charge < -0.3 is 9.04 Å². The SMILES string of the molecule is CCN1C(=O)c2ccc(N(Cc3cc(OC)ccn3)SC)cc2C1=O. The normalized spacial score (nSPS) is 13.2. The second-order valence-electron chi connectivity index (χ2n) is 5.49. The topological polar surface area (TPSA) is 62.7 Å². The van der Waals surface area contributed by atoms with E-state index in [1.807, 2.05) is 22.7 Å². The lowest BCUT2D eigenvalue weighted by Gasteiger charge is -2.21. The van der Waals surface area contributed by atoms with Gasteiger partial charge in [0, 0.05) is 30.8 Å². The third kappa shape index (κ3) is 3.19. The first-order chi connectivity index (χ1) is 12.1. The Morgan fingerprint density at radius 1 is 1.16 bits per heavy atom. The standard InChI is InChI=1S/C18H19N3O3S/c1-4-20-17(22)15-6-5-13(10-16(15)18(20)23)21(25-3)11-12-9-14(24-2)7-8-19-12/h5-10H,4,11H2,1-3H3. The van der Waals surface area contributed by atoms with E-state index in [0.717, 1.165) is 17.1 Å². The van der Waals surface area contributed by atoms with Crippen LogP contribution in [0.2, 0.25) is 0 Å². The van der Waals surface area contributed by atoms with Crippen molar-refractivity contribution in [1.29, 1.82) is 0 Å². The van der Waals surface area contributed by atoms with Crippen LogP contribution in [0.3, 0.4) is 0 Å². The summed E-state index contributed by atoms with van der Waals surface area (Å²) in [6.45, 7) is 2.73. The van der Waals surface area contributed by atoms with E-state index in [1.54, 1.807) is 38.4 Å². The minimum absolute atomic E-state index is 0.223. The van der Waals surface area contributed by atoms with Crippen LogP contribution in [0, 0.1) is 0 Å². The van der Waals surface area contributed by atoms with Crippen LogP contribution in [0.15, 0.2) is 36.5 Å². The van der Waals surface area contributed by atoms with Gasteiger partial charge in [-0.1, -0.05) is 11.9 Å². The Bertz CT molecular complexity index is 825. The summed E-state index contributed by atoms with van der Waals surface area (Å²) < 4.78 is 7.26. The Labute approximate surface area is 150 Å². The number of benzene rings is 1. The number of pyridine rings is 1. The average Bonchev–Trinajstić information content (AvgIpc) is 2.89. The van der Waals surface area contributed by atoms with Gasteiger partial charge in [0.05, 0.1) is 30.5 Å². The van der Waals surface area contributed by atoms with E-state index in [9.17, 15) is 9.59 Å². The molecule has 1 aromatic carbocycles. The van der Waals surface area contributed by atoms with Crippen molar-refractivity contribution in [2.45, 2.75) is 13.5 Å². The molecule has 0 unspecified atom stereocenters. The van der Waals surface area contributed by atoms with Gasteiger partial charge in [-0.15, -0.1) is 0 Å². The first-order valence-corrected chi connectivity index (χ1v) is 9.08. The molecule has 6 nitrogen and oxygen atoms in total. The van der Waals surface area contributed by atoms with E-state index in [0.29, 0.717) is 24.2 Å². The highest BCUT2D eigenvalue weighted by Crippen LogP contribution is 2.30. The highest BCUT2D eigenvalue weighted by molar-refractivity contribution is 7.99. The zero-order chi connectivity index (χ0) is 18.0. The Morgan fingerprint density at radius 3 is 2.60 bits per heavy atom. The van der Waals surface area contributed by atoms with E-state index >= 15 is 0 Å². The molecular formula is C18H19N3O3S. The Hall–Kier alpha value is -2.54. The van der Waals surface area contributed by atoms with Gasteiger partial charge in [0.15, 0.2) is 0 Å². The molecular weight excluding hydrogens is 338 g/mol. The number of amides is 2. The van der Waals surface area contributed by atoms with E-state index in [-0.39, 0.29) is 11.8 Å². The van der Waals surface area contributed by atoms with Gasteiger partial charge in [-0.3, -0.25) is 19.5 Å². The van der Waals surface area contributed by atoms with Crippen molar-refractivity contribution < 1.29 is 14.3 Å². The maximum absolute atomic E-state index is 12.4. The molecule has 0 radical (unpaired) electrons. The fourth-order valence-corrected chi connectivity index (χ4v) is 3.38. The molecule has 0 N–H and O–H groups in total. The second-order valence-corrected chi connectivity index (χ2v) is 6.30. The van der Waals surface area contributed by atoms with Crippen molar-refractivity contribution in [3.05, 3.63) is 53.3 Å². The third-order valence-electron chi connectivity index (χ3n) is 4.11. The average molecular weight is 357 g/mol. The molecule has 130 valence electrons. The number of carbonyl (C=O) groups is 2. The maximum Gasteiger partial charge on any atom is 0.261 e. The Balaban J connectivity index is 1.89. The summed E-state index contributed by atoms with van der Waals surface area (Å²) in [6.07, 6.45) is 3.66. The fraction of sp³-hybridized carbons (Fsp3) is 0.278. The number of rotatable bonds is 6. The number of hydrogen-bond donors (Lipinski definition) is 0. The van der Waals surface area contributed by atoms with Crippen molar-refractivity contribution in [2.24, 2.45) is 0 Å². The smallest absolute Gasteiger partial charge is 0.261 e. The maximum atomic E-state index is 12.4. The molecule has 3 rings (SSSR count). The lowest BCUT2D eigenvalue weighted by Crippen LogP contribution is -2.29. The van der Waals surface area contributed by atoms with Crippen LogP contribution < -0.4 is 9.04 Å². The zero-order valence-electron chi connectivity index (χ0n) is 14.4. The van der Waals surface area contributed by atoms with Crippen LogP contribution in [0.5, 0.6) is 5.75 Å². The molecule has 0 bridgehead atoms. The molecule has 25 heavy (non-hydrogen) atoms. The Kier molecular flexibility index (Phi) is 4.94. The molecule has 2 aromatic rings. The predicted octanol–water partition coefficient (Wildman–Crippen LogP) is 2.99. The monoisotopic (exact) mass is 357 g/mol. The first-order valence-electron chi connectivity index (χ1n) is 7.89. The van der Waals surface area contributed by atoms with Crippen molar-refractivity contribution >= 4 is 29.4 Å². The third-order valence-corrected chi connectivity index (χ3v) is 4.89. The molecule has 0 fully saturated rings. The van der Waals surface area contributed by atoms with Crippen LogP contribution in [0.1, 0.15) is 33.3 Å². The fourth-order valence-electron chi connectivity index (χ4n) is 2.80. The van der Waals surface area contributed by atoms with Crippen LogP contribution in [0.4, 0.5) is 5.69 Å². The molecule has 0 aliphatic carbocycles. The Morgan fingerprint density at radius 2 is 1.92 bits per heavy atom. The summed E-state index contributed by atoms with van der Waals surface area (Å²) in [5, 5.41) is 0. The molecule has 0 spiro atoms. The number of carbonyl (C=O) groups excluding carboxylic acids is 2. The van der Waals surface area contributed by atoms with E-state index in [1.165, 1.54) is 16.8 Å². The number of ether oxygens (including phenoxy) is 1. The van der Waals surface area contributed by atoms with Gasteiger partial charge in [-0.25, -0.2) is 0 Å². The van der Waals surface area contributed by atoms with Crippen LogP contribution in [-0.2, 0) is 6.54 Å². The lowest BCUT2D eigenvalue weighted by atomic mass is 10.1. The number of methoxy groups -OCH3 is 1. The molecule has 1 aliphatic rings. The molecule has 2 amide bonds. The molecule has 1 aliphatic heterocycles. The summed E-state index contributed by atoms with van der Waals surface area (Å²) >= 11 is 1.53. The van der Waals surface area contributed by atoms with Crippen LogP contribution in [0.25, 0.3) is 0 Å². The van der Waals surface area contributed by atoms with Crippen molar-refractivity contribution in [1.82, 2.24) is 9.88 Å². The summed E-state index contributed by atoms with van der Waals surface area (Å²) in [7, 11) is 1.62. The number of fused-ring (bicyclic) bond motifs is 1. The number of aromatic nitrogens is 1. The number of anilines is 1. The molecule has 1 aromatic heterocycles. The minimum atomic E-state index is -0.232. The second kappa shape index (κ2) is 7.14. The van der Waals surface area contributed by atoms with Gasteiger partial charge in [-0.05, 0) is 31.2 Å². The van der Waals surface area contributed by atoms with E-state index in [2.05, 4.69) is 4.98 Å². The first kappa shape index (κ1) is 17.3. The van der Waals surface area contributed by atoms with Gasteiger partial charge in [0.1, 0.15) is 5.75 Å². The van der Waals surface area contributed by atoms with Gasteiger partial charge in [-0.2, -0.15) is 0 Å². The highest BCUT2D eigenvalue weighted by atomic mass is 32.2. The predicted molar refractivity (Wildman–Crippen MR) is 98.0 cm³/mol. The van der Waals surface area contributed by atoms with Crippen molar-refractivity contribution in [3.8, 4) is 5.75 Å². The number of hydrogen-bond acceptors (Lipinski definition) is 6. The van der Waals surface area contributed by atoms with Gasteiger partial charge in [0.25, 0.3) is 11.8 Å².